The predicted molar refractivity (Wildman–Crippen MR) is 61.9 cm³/mol. The lowest BCUT2D eigenvalue weighted by atomic mass is 10.0. The molecule has 1 aromatic heterocycles. The van der Waals surface area contributed by atoms with Gasteiger partial charge in [0.2, 0.25) is 0 Å². The fourth-order valence-corrected chi connectivity index (χ4v) is 1.71. The summed E-state index contributed by atoms with van der Waals surface area (Å²) < 4.78 is 5.70. The Morgan fingerprint density at radius 2 is 2.13 bits per heavy atom. The number of fused-ring (bicyclic) bond motifs is 1. The number of nitrogen functional groups attached to an aromatic ring is 1. The standard InChI is InChI=1S/C12H16N2O/c1-4-11-14-10-6-8(13)5-9(7(2)3)12(10)15-11/h5-7H,4,13H2,1-3H3. The van der Waals surface area contributed by atoms with Crippen LogP contribution in [0.4, 0.5) is 5.69 Å². The van der Waals surface area contributed by atoms with Crippen LogP contribution in [0.15, 0.2) is 16.5 Å². The molecule has 2 rings (SSSR count). The number of nitrogens with two attached hydrogens (primary N) is 1. The third-order valence-corrected chi connectivity index (χ3v) is 2.51. The number of aromatic nitrogens is 1. The molecule has 0 atom stereocenters. The van der Waals surface area contributed by atoms with E-state index in [9.17, 15) is 0 Å². The van der Waals surface area contributed by atoms with E-state index in [4.69, 9.17) is 10.2 Å². The second-order valence-electron chi connectivity index (χ2n) is 4.07. The lowest BCUT2D eigenvalue weighted by Crippen LogP contribution is -1.92. The van der Waals surface area contributed by atoms with Crippen molar-refractivity contribution in [3.05, 3.63) is 23.6 Å². The van der Waals surface area contributed by atoms with E-state index in [0.29, 0.717) is 5.92 Å². The maximum atomic E-state index is 5.83. The molecule has 0 saturated heterocycles. The molecule has 0 fully saturated rings. The van der Waals surface area contributed by atoms with Crippen molar-refractivity contribution >= 4 is 16.8 Å². The Labute approximate surface area is 89.3 Å². The zero-order chi connectivity index (χ0) is 11.0. The first-order valence-electron chi connectivity index (χ1n) is 5.30. The average Bonchev–Trinajstić information content (AvgIpc) is 2.58. The Hall–Kier alpha value is -1.51. The van der Waals surface area contributed by atoms with E-state index in [1.165, 1.54) is 0 Å². The third-order valence-electron chi connectivity index (χ3n) is 2.51. The van der Waals surface area contributed by atoms with Gasteiger partial charge < -0.3 is 10.2 Å². The van der Waals surface area contributed by atoms with Crippen molar-refractivity contribution < 1.29 is 4.42 Å². The normalized spacial score (nSPS) is 11.5. The number of benzene rings is 1. The van der Waals surface area contributed by atoms with Gasteiger partial charge in [-0.3, -0.25) is 0 Å². The molecule has 1 aromatic carbocycles. The minimum Gasteiger partial charge on any atom is -0.440 e. The van der Waals surface area contributed by atoms with Crippen molar-refractivity contribution in [1.82, 2.24) is 4.98 Å². The highest BCUT2D eigenvalue weighted by Gasteiger charge is 2.12. The van der Waals surface area contributed by atoms with Crippen molar-refractivity contribution in [3.63, 3.8) is 0 Å². The van der Waals surface area contributed by atoms with Crippen LogP contribution in [0.5, 0.6) is 0 Å². The molecule has 0 aliphatic rings. The topological polar surface area (TPSA) is 52.0 Å². The van der Waals surface area contributed by atoms with Crippen LogP contribution < -0.4 is 5.73 Å². The van der Waals surface area contributed by atoms with Crippen LogP contribution in [-0.4, -0.2) is 4.98 Å². The van der Waals surface area contributed by atoms with Gasteiger partial charge in [0, 0.05) is 17.7 Å². The monoisotopic (exact) mass is 204 g/mol. The van der Waals surface area contributed by atoms with E-state index in [1.807, 2.05) is 19.1 Å². The molecule has 0 amide bonds. The molecule has 3 heteroatoms. The van der Waals surface area contributed by atoms with Gasteiger partial charge in [0.05, 0.1) is 0 Å². The van der Waals surface area contributed by atoms with E-state index < -0.39 is 0 Å². The minimum atomic E-state index is 0.397. The number of oxazole rings is 1. The van der Waals surface area contributed by atoms with Gasteiger partial charge in [-0.25, -0.2) is 4.98 Å². The lowest BCUT2D eigenvalue weighted by Gasteiger charge is -2.06. The molecule has 2 aromatic rings. The first kappa shape index (κ1) is 10.0. The van der Waals surface area contributed by atoms with Crippen LogP contribution >= 0.6 is 0 Å². The number of nitrogens with zero attached hydrogens (tertiary/aromatic N) is 1. The maximum absolute atomic E-state index is 5.83. The summed E-state index contributed by atoms with van der Waals surface area (Å²) >= 11 is 0. The van der Waals surface area contributed by atoms with Crippen LogP contribution in [0.3, 0.4) is 0 Å². The van der Waals surface area contributed by atoms with E-state index in [1.54, 1.807) is 0 Å². The Kier molecular flexibility index (Phi) is 2.39. The van der Waals surface area contributed by atoms with Gasteiger partial charge in [-0.2, -0.15) is 0 Å². The number of anilines is 1. The molecule has 3 nitrogen and oxygen atoms in total. The summed E-state index contributed by atoms with van der Waals surface area (Å²) in [4.78, 5) is 4.39. The summed E-state index contributed by atoms with van der Waals surface area (Å²) in [5.74, 6) is 1.17. The van der Waals surface area contributed by atoms with Crippen molar-refractivity contribution in [2.75, 3.05) is 5.73 Å². The largest absolute Gasteiger partial charge is 0.440 e. The summed E-state index contributed by atoms with van der Waals surface area (Å²) in [6.07, 6.45) is 0.812. The zero-order valence-electron chi connectivity index (χ0n) is 9.37. The highest BCUT2D eigenvalue weighted by Crippen LogP contribution is 2.28. The maximum Gasteiger partial charge on any atom is 0.195 e. The molecule has 0 aliphatic heterocycles. The minimum absolute atomic E-state index is 0.397. The molecule has 0 spiro atoms. The molecular formula is C12H16N2O. The van der Waals surface area contributed by atoms with Crippen molar-refractivity contribution in [1.29, 1.82) is 0 Å². The van der Waals surface area contributed by atoms with Gasteiger partial charge in [-0.1, -0.05) is 20.8 Å². The van der Waals surface area contributed by atoms with Crippen LogP contribution in [0.25, 0.3) is 11.1 Å². The van der Waals surface area contributed by atoms with E-state index in [-0.39, 0.29) is 0 Å². The zero-order valence-corrected chi connectivity index (χ0v) is 9.37. The fourth-order valence-electron chi connectivity index (χ4n) is 1.71. The summed E-state index contributed by atoms with van der Waals surface area (Å²) in [7, 11) is 0. The first-order chi connectivity index (χ1) is 7.11. The van der Waals surface area contributed by atoms with Crippen LogP contribution in [0, 0.1) is 0 Å². The van der Waals surface area contributed by atoms with E-state index in [2.05, 4.69) is 18.8 Å². The third kappa shape index (κ3) is 1.69. The number of aryl methyl sites for hydroxylation is 1. The molecular weight excluding hydrogens is 188 g/mol. The summed E-state index contributed by atoms with van der Waals surface area (Å²) in [5, 5.41) is 0. The van der Waals surface area contributed by atoms with Gasteiger partial charge in [-0.15, -0.1) is 0 Å². The van der Waals surface area contributed by atoms with Crippen LogP contribution in [-0.2, 0) is 6.42 Å². The van der Waals surface area contributed by atoms with Crippen molar-refractivity contribution in [2.45, 2.75) is 33.1 Å². The van der Waals surface area contributed by atoms with Crippen molar-refractivity contribution in [2.24, 2.45) is 0 Å². The molecule has 0 radical (unpaired) electrons. The molecule has 0 saturated carbocycles. The van der Waals surface area contributed by atoms with E-state index >= 15 is 0 Å². The molecule has 80 valence electrons. The Bertz CT molecular complexity index is 486. The van der Waals surface area contributed by atoms with Gasteiger partial charge in [0.1, 0.15) is 5.52 Å². The van der Waals surface area contributed by atoms with Gasteiger partial charge in [-0.05, 0) is 18.1 Å². The molecule has 2 N–H and O–H groups in total. The molecule has 15 heavy (non-hydrogen) atoms. The van der Waals surface area contributed by atoms with Crippen LogP contribution in [0.1, 0.15) is 38.1 Å². The second-order valence-corrected chi connectivity index (χ2v) is 4.07. The average molecular weight is 204 g/mol. The summed E-state index contributed by atoms with van der Waals surface area (Å²) in [6, 6.07) is 3.83. The molecule has 0 aliphatic carbocycles. The van der Waals surface area contributed by atoms with Crippen LogP contribution in [0.2, 0.25) is 0 Å². The molecule has 0 unspecified atom stereocenters. The quantitative estimate of drug-likeness (QED) is 0.765. The first-order valence-corrected chi connectivity index (χ1v) is 5.30. The molecule has 1 heterocycles. The van der Waals surface area contributed by atoms with Gasteiger partial charge in [0.25, 0.3) is 0 Å². The van der Waals surface area contributed by atoms with Crippen molar-refractivity contribution in [3.8, 4) is 0 Å². The summed E-state index contributed by atoms with van der Waals surface area (Å²) in [5.41, 5.74) is 9.48. The molecule has 0 bridgehead atoms. The SMILES string of the molecule is CCc1nc2cc(N)cc(C(C)C)c2o1. The van der Waals surface area contributed by atoms with Gasteiger partial charge >= 0.3 is 0 Å². The Morgan fingerprint density at radius 1 is 1.40 bits per heavy atom. The predicted octanol–water partition coefficient (Wildman–Crippen LogP) is 3.10. The fraction of sp³-hybridized carbons (Fsp3) is 0.417. The lowest BCUT2D eigenvalue weighted by molar-refractivity contribution is 0.533. The Morgan fingerprint density at radius 3 is 2.73 bits per heavy atom. The van der Waals surface area contributed by atoms with E-state index in [0.717, 1.165) is 34.7 Å². The smallest absolute Gasteiger partial charge is 0.195 e. The van der Waals surface area contributed by atoms with Gasteiger partial charge in [0.15, 0.2) is 11.5 Å². The Balaban J connectivity index is 2.72. The highest BCUT2D eigenvalue weighted by atomic mass is 16.3. The number of rotatable bonds is 2. The summed E-state index contributed by atoms with van der Waals surface area (Å²) in [6.45, 7) is 6.29. The number of hydrogen-bond donors (Lipinski definition) is 1. The number of hydrogen-bond acceptors (Lipinski definition) is 3. The second kappa shape index (κ2) is 3.57. The highest BCUT2D eigenvalue weighted by molar-refractivity contribution is 5.81.